The Morgan fingerprint density at radius 1 is 1.42 bits per heavy atom. The number of benzene rings is 1. The summed E-state index contributed by atoms with van der Waals surface area (Å²) in [5, 5.41) is 1.96. The first-order valence-electron chi connectivity index (χ1n) is 5.72. The van der Waals surface area contributed by atoms with Crippen LogP contribution in [0.4, 0.5) is 4.39 Å². The molecule has 0 aliphatic carbocycles. The van der Waals surface area contributed by atoms with E-state index in [2.05, 4.69) is 15.9 Å². The molecule has 0 N–H and O–H groups in total. The van der Waals surface area contributed by atoms with Crippen molar-refractivity contribution in [3.8, 4) is 0 Å². The first kappa shape index (κ1) is 14.2. The van der Waals surface area contributed by atoms with Crippen LogP contribution in [0.1, 0.15) is 20.8 Å². The second-order valence-corrected chi connectivity index (χ2v) is 6.29. The molecule has 1 amide bonds. The maximum absolute atomic E-state index is 13.7. The van der Waals surface area contributed by atoms with E-state index < -0.39 is 5.82 Å². The molecule has 2 nitrogen and oxygen atoms in total. The second-order valence-electron chi connectivity index (χ2n) is 4.38. The molecule has 2 rings (SSSR count). The minimum Gasteiger partial charge on any atom is -0.336 e. The molecule has 19 heavy (non-hydrogen) atoms. The summed E-state index contributed by atoms with van der Waals surface area (Å²) >= 11 is 4.94. The number of nitrogens with zero attached hydrogens (tertiary/aromatic N) is 1. The average Bonchev–Trinajstić information content (AvgIpc) is 2.77. The first-order chi connectivity index (χ1) is 8.97. The number of rotatable bonds is 3. The molecule has 0 aliphatic rings. The molecule has 0 bridgehead atoms. The smallest absolute Gasteiger partial charge is 0.256 e. The summed E-state index contributed by atoms with van der Waals surface area (Å²) in [6, 6.07) is 6.53. The van der Waals surface area contributed by atoms with Gasteiger partial charge in [0, 0.05) is 21.8 Å². The van der Waals surface area contributed by atoms with Gasteiger partial charge < -0.3 is 4.90 Å². The SMILES string of the molecule is Cc1ccc(F)c(C(=O)N(C)Cc2cc(Br)cs2)c1. The topological polar surface area (TPSA) is 20.3 Å². The lowest BCUT2D eigenvalue weighted by molar-refractivity contribution is 0.0781. The van der Waals surface area contributed by atoms with E-state index in [1.54, 1.807) is 30.5 Å². The quantitative estimate of drug-likeness (QED) is 0.817. The average molecular weight is 342 g/mol. The molecule has 0 aliphatic heterocycles. The number of aryl methyl sites for hydroxylation is 1. The number of halogens is 2. The summed E-state index contributed by atoms with van der Waals surface area (Å²) in [6.07, 6.45) is 0. The Bertz CT molecular complexity index is 611. The van der Waals surface area contributed by atoms with Gasteiger partial charge in [0.1, 0.15) is 5.82 Å². The van der Waals surface area contributed by atoms with Crippen LogP contribution in [0, 0.1) is 12.7 Å². The Hall–Kier alpha value is -1.20. The zero-order valence-electron chi connectivity index (χ0n) is 10.6. The van der Waals surface area contributed by atoms with Crippen LogP contribution in [0.25, 0.3) is 0 Å². The fraction of sp³-hybridized carbons (Fsp3) is 0.214. The van der Waals surface area contributed by atoms with Gasteiger partial charge in [-0.2, -0.15) is 0 Å². The second kappa shape index (κ2) is 5.84. The minimum atomic E-state index is -0.477. The Kier molecular flexibility index (Phi) is 4.37. The largest absolute Gasteiger partial charge is 0.336 e. The third kappa shape index (κ3) is 3.42. The minimum absolute atomic E-state index is 0.123. The van der Waals surface area contributed by atoms with Crippen LogP contribution >= 0.6 is 27.3 Å². The van der Waals surface area contributed by atoms with Crippen LogP contribution in [0.3, 0.4) is 0 Å². The Balaban J connectivity index is 2.16. The lowest BCUT2D eigenvalue weighted by atomic mass is 10.1. The highest BCUT2D eigenvalue weighted by molar-refractivity contribution is 9.10. The van der Waals surface area contributed by atoms with Gasteiger partial charge in [-0.05, 0) is 41.1 Å². The van der Waals surface area contributed by atoms with Crippen molar-refractivity contribution in [2.24, 2.45) is 0 Å². The van der Waals surface area contributed by atoms with Gasteiger partial charge in [-0.1, -0.05) is 11.6 Å². The fourth-order valence-corrected chi connectivity index (χ4v) is 3.25. The van der Waals surface area contributed by atoms with Gasteiger partial charge in [0.25, 0.3) is 5.91 Å². The highest BCUT2D eigenvalue weighted by Gasteiger charge is 2.17. The Morgan fingerprint density at radius 3 is 2.79 bits per heavy atom. The summed E-state index contributed by atoms with van der Waals surface area (Å²) in [5.41, 5.74) is 0.995. The molecule has 100 valence electrons. The highest BCUT2D eigenvalue weighted by Crippen LogP contribution is 2.22. The molecule has 0 saturated carbocycles. The predicted octanol–water partition coefficient (Wildman–Crippen LogP) is 4.23. The summed E-state index contributed by atoms with van der Waals surface area (Å²) in [5.74, 6) is -0.777. The Labute approximate surface area is 124 Å². The van der Waals surface area contributed by atoms with Gasteiger partial charge in [0.05, 0.1) is 12.1 Å². The molecule has 0 fully saturated rings. The zero-order chi connectivity index (χ0) is 14.0. The summed E-state index contributed by atoms with van der Waals surface area (Å²) in [6.45, 7) is 2.31. The molecule has 1 aromatic carbocycles. The van der Waals surface area contributed by atoms with Crippen molar-refractivity contribution >= 4 is 33.2 Å². The number of hydrogen-bond acceptors (Lipinski definition) is 2. The number of thiophene rings is 1. The molecular formula is C14H13BrFNOS. The molecule has 5 heteroatoms. The number of amides is 1. The van der Waals surface area contributed by atoms with Crippen LogP contribution in [-0.4, -0.2) is 17.9 Å². The Morgan fingerprint density at radius 2 is 2.16 bits per heavy atom. The van der Waals surface area contributed by atoms with E-state index in [-0.39, 0.29) is 11.5 Å². The maximum atomic E-state index is 13.7. The normalized spacial score (nSPS) is 10.5. The molecule has 1 heterocycles. The molecule has 0 unspecified atom stereocenters. The third-order valence-electron chi connectivity index (χ3n) is 2.71. The number of carbonyl (C=O) groups is 1. The van der Waals surface area contributed by atoms with Gasteiger partial charge >= 0.3 is 0 Å². The van der Waals surface area contributed by atoms with Crippen LogP contribution in [0.15, 0.2) is 34.1 Å². The van der Waals surface area contributed by atoms with Crippen LogP contribution in [0.2, 0.25) is 0 Å². The molecular weight excluding hydrogens is 329 g/mol. The van der Waals surface area contributed by atoms with Gasteiger partial charge in [0.15, 0.2) is 0 Å². The van der Waals surface area contributed by atoms with Crippen LogP contribution < -0.4 is 0 Å². The van der Waals surface area contributed by atoms with E-state index in [0.29, 0.717) is 6.54 Å². The van der Waals surface area contributed by atoms with Crippen molar-refractivity contribution in [3.05, 3.63) is 55.9 Å². The molecule has 2 aromatic rings. The van der Waals surface area contributed by atoms with Crippen LogP contribution in [-0.2, 0) is 6.54 Å². The van der Waals surface area contributed by atoms with Crippen LogP contribution in [0.5, 0.6) is 0 Å². The van der Waals surface area contributed by atoms with Crippen molar-refractivity contribution in [2.75, 3.05) is 7.05 Å². The van der Waals surface area contributed by atoms with Crippen molar-refractivity contribution in [2.45, 2.75) is 13.5 Å². The summed E-state index contributed by atoms with van der Waals surface area (Å²) in [4.78, 5) is 14.8. The van der Waals surface area contributed by atoms with Crippen molar-refractivity contribution in [1.29, 1.82) is 0 Å². The summed E-state index contributed by atoms with van der Waals surface area (Å²) in [7, 11) is 1.68. The standard InChI is InChI=1S/C14H13BrFNOS/c1-9-3-4-13(16)12(5-9)14(18)17(2)7-11-6-10(15)8-19-11/h3-6,8H,7H2,1-2H3. The van der Waals surface area contributed by atoms with E-state index in [4.69, 9.17) is 0 Å². The molecule has 0 atom stereocenters. The van der Waals surface area contributed by atoms with E-state index in [9.17, 15) is 9.18 Å². The molecule has 0 saturated heterocycles. The lowest BCUT2D eigenvalue weighted by Gasteiger charge is -2.17. The maximum Gasteiger partial charge on any atom is 0.256 e. The zero-order valence-corrected chi connectivity index (χ0v) is 13.0. The van der Waals surface area contributed by atoms with E-state index in [1.807, 2.05) is 18.4 Å². The van der Waals surface area contributed by atoms with E-state index in [0.717, 1.165) is 14.9 Å². The molecule has 0 radical (unpaired) electrons. The van der Waals surface area contributed by atoms with Crippen molar-refractivity contribution in [3.63, 3.8) is 0 Å². The van der Waals surface area contributed by atoms with Gasteiger partial charge in [-0.3, -0.25) is 4.79 Å². The predicted molar refractivity (Wildman–Crippen MR) is 79.0 cm³/mol. The van der Waals surface area contributed by atoms with Crippen molar-refractivity contribution in [1.82, 2.24) is 4.90 Å². The third-order valence-corrected chi connectivity index (χ3v) is 4.40. The highest BCUT2D eigenvalue weighted by atomic mass is 79.9. The van der Waals surface area contributed by atoms with E-state index in [1.165, 1.54) is 11.0 Å². The fourth-order valence-electron chi connectivity index (χ4n) is 1.75. The van der Waals surface area contributed by atoms with Gasteiger partial charge in [-0.15, -0.1) is 11.3 Å². The monoisotopic (exact) mass is 341 g/mol. The molecule has 1 aromatic heterocycles. The van der Waals surface area contributed by atoms with Gasteiger partial charge in [0.2, 0.25) is 0 Å². The lowest BCUT2D eigenvalue weighted by Crippen LogP contribution is -2.26. The first-order valence-corrected chi connectivity index (χ1v) is 7.39. The molecule has 0 spiro atoms. The number of hydrogen-bond donors (Lipinski definition) is 0. The van der Waals surface area contributed by atoms with E-state index >= 15 is 0 Å². The summed E-state index contributed by atoms with van der Waals surface area (Å²) < 4.78 is 14.7. The number of carbonyl (C=O) groups excluding carboxylic acids is 1. The van der Waals surface area contributed by atoms with Crippen molar-refractivity contribution < 1.29 is 9.18 Å². The van der Waals surface area contributed by atoms with Gasteiger partial charge in [-0.25, -0.2) is 4.39 Å².